The van der Waals surface area contributed by atoms with Crippen molar-refractivity contribution in [2.75, 3.05) is 0 Å². The highest BCUT2D eigenvalue weighted by Gasteiger charge is 2.01. The van der Waals surface area contributed by atoms with E-state index in [0.717, 1.165) is 16.7 Å². The van der Waals surface area contributed by atoms with Crippen LogP contribution in [0.15, 0.2) is 12.1 Å². The second-order valence-electron chi connectivity index (χ2n) is 3.01. The first-order valence-corrected chi connectivity index (χ1v) is 3.78. The summed E-state index contributed by atoms with van der Waals surface area (Å²) in [5, 5.41) is 0. The van der Waals surface area contributed by atoms with Crippen molar-refractivity contribution in [3.05, 3.63) is 34.4 Å². The number of aryl methyl sites for hydroxylation is 3. The van der Waals surface area contributed by atoms with Gasteiger partial charge in [-0.05, 0) is 37.5 Å². The summed E-state index contributed by atoms with van der Waals surface area (Å²) in [6.45, 7) is 5.59. The van der Waals surface area contributed by atoms with Gasteiger partial charge in [0.05, 0.1) is 0 Å². The van der Waals surface area contributed by atoms with Crippen molar-refractivity contribution in [1.29, 1.82) is 0 Å². The maximum absolute atomic E-state index is 12.4. The Morgan fingerprint density at radius 3 is 1.91 bits per heavy atom. The molecule has 0 amide bonds. The van der Waals surface area contributed by atoms with Crippen LogP contribution in [0.5, 0.6) is 0 Å². The molecule has 0 aliphatic heterocycles. The maximum Gasteiger partial charge on any atom is 0.115 e. The molecule has 0 bridgehead atoms. The SMILES string of the molecule is Cc1cc(C)c(CF)c(C)c1. The second kappa shape index (κ2) is 3.04. The van der Waals surface area contributed by atoms with Crippen molar-refractivity contribution >= 4 is 0 Å². The first-order chi connectivity index (χ1) is 5.15. The Hall–Kier alpha value is -0.850. The van der Waals surface area contributed by atoms with E-state index in [9.17, 15) is 4.39 Å². The summed E-state index contributed by atoms with van der Waals surface area (Å²) in [5.74, 6) is 0. The van der Waals surface area contributed by atoms with Crippen LogP contribution in [-0.2, 0) is 6.67 Å². The molecule has 1 rings (SSSR count). The van der Waals surface area contributed by atoms with Gasteiger partial charge in [-0.2, -0.15) is 0 Å². The highest BCUT2D eigenvalue weighted by molar-refractivity contribution is 5.36. The molecule has 0 fully saturated rings. The average molecular weight is 152 g/mol. The monoisotopic (exact) mass is 152 g/mol. The number of hydrogen-bond acceptors (Lipinski definition) is 0. The fraction of sp³-hybridized carbons (Fsp3) is 0.400. The number of benzene rings is 1. The molecule has 1 heteroatoms. The van der Waals surface area contributed by atoms with E-state index >= 15 is 0 Å². The minimum absolute atomic E-state index is 0.349. The molecule has 11 heavy (non-hydrogen) atoms. The van der Waals surface area contributed by atoms with Crippen molar-refractivity contribution in [2.24, 2.45) is 0 Å². The molecule has 0 saturated heterocycles. The molecule has 0 N–H and O–H groups in total. The topological polar surface area (TPSA) is 0 Å². The Labute approximate surface area is 67.1 Å². The lowest BCUT2D eigenvalue weighted by Crippen LogP contribution is -1.91. The Balaban J connectivity index is 3.25. The van der Waals surface area contributed by atoms with Crippen molar-refractivity contribution in [3.63, 3.8) is 0 Å². The zero-order chi connectivity index (χ0) is 8.43. The summed E-state index contributed by atoms with van der Waals surface area (Å²) in [4.78, 5) is 0. The molecule has 0 heterocycles. The van der Waals surface area contributed by atoms with Crippen molar-refractivity contribution in [3.8, 4) is 0 Å². The Bertz CT molecular complexity index is 241. The van der Waals surface area contributed by atoms with Gasteiger partial charge in [0.15, 0.2) is 0 Å². The van der Waals surface area contributed by atoms with Crippen LogP contribution >= 0.6 is 0 Å². The van der Waals surface area contributed by atoms with Gasteiger partial charge in [0.1, 0.15) is 6.67 Å². The summed E-state index contributed by atoms with van der Waals surface area (Å²) >= 11 is 0. The molecule has 60 valence electrons. The third kappa shape index (κ3) is 1.59. The van der Waals surface area contributed by atoms with Crippen LogP contribution < -0.4 is 0 Å². The number of hydrogen-bond donors (Lipinski definition) is 0. The van der Waals surface area contributed by atoms with Crippen LogP contribution in [0.3, 0.4) is 0 Å². The Morgan fingerprint density at radius 2 is 1.55 bits per heavy atom. The van der Waals surface area contributed by atoms with Crippen molar-refractivity contribution in [2.45, 2.75) is 27.4 Å². The van der Waals surface area contributed by atoms with Gasteiger partial charge in [0.25, 0.3) is 0 Å². The van der Waals surface area contributed by atoms with Crippen molar-refractivity contribution < 1.29 is 4.39 Å². The number of alkyl halides is 1. The molecule has 0 aliphatic carbocycles. The normalized spacial score (nSPS) is 10.2. The fourth-order valence-electron chi connectivity index (χ4n) is 1.42. The Morgan fingerprint density at radius 1 is 1.09 bits per heavy atom. The summed E-state index contributed by atoms with van der Waals surface area (Å²) in [6.07, 6.45) is 0. The zero-order valence-corrected chi connectivity index (χ0v) is 7.24. The largest absolute Gasteiger partial charge is 0.246 e. The van der Waals surface area contributed by atoms with E-state index in [-0.39, 0.29) is 6.67 Å². The van der Waals surface area contributed by atoms with Gasteiger partial charge in [0, 0.05) is 0 Å². The highest BCUT2D eigenvalue weighted by Crippen LogP contribution is 2.16. The van der Waals surface area contributed by atoms with E-state index < -0.39 is 0 Å². The lowest BCUT2D eigenvalue weighted by Gasteiger charge is -2.06. The van der Waals surface area contributed by atoms with E-state index in [2.05, 4.69) is 0 Å². The standard InChI is InChI=1S/C10H13F/c1-7-4-8(2)10(6-11)9(3)5-7/h4-5H,6H2,1-3H3. The predicted molar refractivity (Wildman–Crippen MR) is 45.5 cm³/mol. The lowest BCUT2D eigenvalue weighted by molar-refractivity contribution is 0.482. The summed E-state index contributed by atoms with van der Waals surface area (Å²) in [7, 11) is 0. The van der Waals surface area contributed by atoms with Crippen LogP contribution in [-0.4, -0.2) is 0 Å². The van der Waals surface area contributed by atoms with Crippen LogP contribution in [0.25, 0.3) is 0 Å². The third-order valence-corrected chi connectivity index (χ3v) is 1.97. The molecular weight excluding hydrogens is 139 g/mol. The molecule has 0 radical (unpaired) electrons. The minimum Gasteiger partial charge on any atom is -0.246 e. The van der Waals surface area contributed by atoms with E-state index in [0.29, 0.717) is 0 Å². The van der Waals surface area contributed by atoms with Crippen molar-refractivity contribution in [1.82, 2.24) is 0 Å². The fourth-order valence-corrected chi connectivity index (χ4v) is 1.42. The first-order valence-electron chi connectivity index (χ1n) is 3.78. The molecular formula is C10H13F. The van der Waals surface area contributed by atoms with Crippen LogP contribution in [0.2, 0.25) is 0 Å². The number of halogens is 1. The molecule has 0 unspecified atom stereocenters. The summed E-state index contributed by atoms with van der Waals surface area (Å²) in [6, 6.07) is 4.03. The van der Waals surface area contributed by atoms with Gasteiger partial charge in [0.2, 0.25) is 0 Å². The smallest absolute Gasteiger partial charge is 0.115 e. The maximum atomic E-state index is 12.4. The van der Waals surface area contributed by atoms with E-state index in [1.54, 1.807) is 0 Å². The van der Waals surface area contributed by atoms with Crippen LogP contribution in [0.4, 0.5) is 4.39 Å². The minimum atomic E-state index is -0.349. The third-order valence-electron chi connectivity index (χ3n) is 1.97. The molecule has 0 aromatic heterocycles. The van der Waals surface area contributed by atoms with Gasteiger partial charge in [-0.3, -0.25) is 0 Å². The average Bonchev–Trinajstić information content (AvgIpc) is 1.85. The molecule has 0 atom stereocenters. The first kappa shape index (κ1) is 8.25. The van der Waals surface area contributed by atoms with Crippen LogP contribution in [0, 0.1) is 20.8 Å². The van der Waals surface area contributed by atoms with E-state index in [4.69, 9.17) is 0 Å². The second-order valence-corrected chi connectivity index (χ2v) is 3.01. The summed E-state index contributed by atoms with van der Waals surface area (Å²) in [5.41, 5.74) is 4.17. The molecule has 1 aromatic rings. The Kier molecular flexibility index (Phi) is 2.28. The number of rotatable bonds is 1. The molecule has 0 spiro atoms. The molecule has 0 aliphatic rings. The van der Waals surface area contributed by atoms with Gasteiger partial charge >= 0.3 is 0 Å². The predicted octanol–water partition coefficient (Wildman–Crippen LogP) is 3.08. The highest BCUT2D eigenvalue weighted by atomic mass is 19.1. The van der Waals surface area contributed by atoms with Gasteiger partial charge in [-0.15, -0.1) is 0 Å². The molecule has 0 nitrogen and oxygen atoms in total. The molecule has 0 saturated carbocycles. The zero-order valence-electron chi connectivity index (χ0n) is 7.24. The quantitative estimate of drug-likeness (QED) is 0.580. The van der Waals surface area contributed by atoms with Crippen LogP contribution in [0.1, 0.15) is 22.3 Å². The van der Waals surface area contributed by atoms with Gasteiger partial charge in [-0.1, -0.05) is 17.7 Å². The summed E-state index contributed by atoms with van der Waals surface area (Å²) < 4.78 is 12.4. The van der Waals surface area contributed by atoms with E-state index in [1.165, 1.54) is 5.56 Å². The van der Waals surface area contributed by atoms with E-state index in [1.807, 2.05) is 32.9 Å². The molecule has 1 aromatic carbocycles. The lowest BCUT2D eigenvalue weighted by atomic mass is 10.0. The van der Waals surface area contributed by atoms with Gasteiger partial charge in [-0.25, -0.2) is 4.39 Å². The van der Waals surface area contributed by atoms with Gasteiger partial charge < -0.3 is 0 Å².